The number of anilines is 2. The van der Waals surface area contributed by atoms with Crippen molar-refractivity contribution in [3.8, 4) is 0 Å². The maximum atomic E-state index is 12.4. The van der Waals surface area contributed by atoms with Gasteiger partial charge in [0.15, 0.2) is 0 Å². The highest BCUT2D eigenvalue weighted by Gasteiger charge is 2.16. The van der Waals surface area contributed by atoms with E-state index in [2.05, 4.69) is 30.5 Å². The van der Waals surface area contributed by atoms with Crippen LogP contribution in [0.3, 0.4) is 0 Å². The molecule has 0 saturated carbocycles. The van der Waals surface area contributed by atoms with E-state index in [9.17, 15) is 4.79 Å². The zero-order valence-corrected chi connectivity index (χ0v) is 14.5. The Hall–Kier alpha value is -2.00. The van der Waals surface area contributed by atoms with Crippen LogP contribution in [0.25, 0.3) is 0 Å². The van der Waals surface area contributed by atoms with Gasteiger partial charge in [0, 0.05) is 16.4 Å². The van der Waals surface area contributed by atoms with Crippen LogP contribution in [0.5, 0.6) is 0 Å². The molecule has 0 unspecified atom stereocenters. The van der Waals surface area contributed by atoms with Crippen molar-refractivity contribution in [3.05, 3.63) is 59.1 Å². The van der Waals surface area contributed by atoms with E-state index in [0.717, 1.165) is 17.8 Å². The Kier molecular flexibility index (Phi) is 6.05. The fourth-order valence-electron chi connectivity index (χ4n) is 2.36. The van der Waals surface area contributed by atoms with Crippen molar-refractivity contribution in [1.29, 1.82) is 0 Å². The summed E-state index contributed by atoms with van der Waals surface area (Å²) in [5.41, 5.74) is 2.92. The molecule has 122 valence electrons. The van der Waals surface area contributed by atoms with E-state index in [1.807, 2.05) is 37.3 Å². The van der Waals surface area contributed by atoms with E-state index in [0.29, 0.717) is 10.9 Å². The lowest BCUT2D eigenvalue weighted by molar-refractivity contribution is -0.116. The molecule has 0 spiro atoms. The van der Waals surface area contributed by atoms with Gasteiger partial charge in [-0.2, -0.15) is 0 Å². The Labute approximate surface area is 143 Å². The third-order valence-electron chi connectivity index (χ3n) is 3.98. The van der Waals surface area contributed by atoms with Crippen molar-refractivity contribution in [3.63, 3.8) is 0 Å². The molecule has 2 aromatic carbocycles. The van der Waals surface area contributed by atoms with Crippen LogP contribution < -0.4 is 10.6 Å². The topological polar surface area (TPSA) is 41.1 Å². The highest BCUT2D eigenvalue weighted by atomic mass is 35.5. The third kappa shape index (κ3) is 4.73. The summed E-state index contributed by atoms with van der Waals surface area (Å²) in [5, 5.41) is 6.89. The molecular formula is C19H23ClN2O. The molecule has 0 aliphatic heterocycles. The van der Waals surface area contributed by atoms with Crippen LogP contribution in [0.4, 0.5) is 11.4 Å². The number of carbonyl (C=O) groups is 1. The third-order valence-corrected chi connectivity index (χ3v) is 4.23. The van der Waals surface area contributed by atoms with Crippen molar-refractivity contribution in [2.45, 2.75) is 39.2 Å². The first kappa shape index (κ1) is 17.4. The number of carbonyl (C=O) groups excluding carboxylic acids is 1. The van der Waals surface area contributed by atoms with E-state index in [-0.39, 0.29) is 11.9 Å². The molecule has 0 fully saturated rings. The molecule has 0 aliphatic rings. The molecule has 2 atom stereocenters. The largest absolute Gasteiger partial charge is 0.374 e. The van der Waals surface area contributed by atoms with Crippen LogP contribution in [0.15, 0.2) is 48.5 Å². The number of hydrogen-bond donors (Lipinski definition) is 2. The van der Waals surface area contributed by atoms with Crippen molar-refractivity contribution in [2.75, 3.05) is 10.6 Å². The van der Waals surface area contributed by atoms with Gasteiger partial charge in [-0.15, -0.1) is 0 Å². The van der Waals surface area contributed by atoms with Crippen LogP contribution in [-0.2, 0) is 4.79 Å². The van der Waals surface area contributed by atoms with E-state index < -0.39 is 0 Å². The van der Waals surface area contributed by atoms with E-state index in [1.54, 1.807) is 12.1 Å². The molecule has 0 bridgehead atoms. The highest BCUT2D eigenvalue weighted by Crippen LogP contribution is 2.26. The second-order valence-electron chi connectivity index (χ2n) is 5.76. The lowest BCUT2D eigenvalue weighted by Crippen LogP contribution is -2.32. The van der Waals surface area contributed by atoms with Crippen LogP contribution in [-0.4, -0.2) is 11.9 Å². The quantitative estimate of drug-likeness (QED) is 0.755. The summed E-state index contributed by atoms with van der Waals surface area (Å²) >= 11 is 5.87. The van der Waals surface area contributed by atoms with Gasteiger partial charge in [-0.3, -0.25) is 4.79 Å². The number of hydrogen-bond acceptors (Lipinski definition) is 2. The molecule has 0 radical (unpaired) electrons. The summed E-state index contributed by atoms with van der Waals surface area (Å²) in [4.78, 5) is 12.4. The molecule has 0 aromatic heterocycles. The molecule has 23 heavy (non-hydrogen) atoms. The number of halogens is 1. The molecule has 2 N–H and O–H groups in total. The second-order valence-corrected chi connectivity index (χ2v) is 6.20. The van der Waals surface area contributed by atoms with E-state index in [4.69, 9.17) is 11.6 Å². The number of para-hydroxylation sites is 1. The molecule has 2 aromatic rings. The van der Waals surface area contributed by atoms with Crippen molar-refractivity contribution in [2.24, 2.45) is 0 Å². The standard InChI is InChI=1S/C19H23ClN2O/c1-4-13(2)17-7-5-6-8-18(17)22-19(23)14(3)21-16-11-9-15(20)10-12-16/h5-14,21H,4H2,1-3H3,(H,22,23)/t13-,14+/m0/s1. The van der Waals surface area contributed by atoms with Crippen molar-refractivity contribution in [1.82, 2.24) is 0 Å². The van der Waals surface area contributed by atoms with Gasteiger partial charge in [-0.1, -0.05) is 43.6 Å². The minimum atomic E-state index is -0.346. The van der Waals surface area contributed by atoms with Gasteiger partial charge < -0.3 is 10.6 Å². The van der Waals surface area contributed by atoms with Gasteiger partial charge in [0.2, 0.25) is 5.91 Å². The van der Waals surface area contributed by atoms with Gasteiger partial charge in [-0.05, 0) is 55.2 Å². The Balaban J connectivity index is 2.05. The van der Waals surface area contributed by atoms with Gasteiger partial charge in [0.05, 0.1) is 0 Å². The van der Waals surface area contributed by atoms with Crippen molar-refractivity contribution < 1.29 is 4.79 Å². The first-order chi connectivity index (χ1) is 11.0. The number of benzene rings is 2. The maximum absolute atomic E-state index is 12.4. The van der Waals surface area contributed by atoms with Gasteiger partial charge in [0.25, 0.3) is 0 Å². The zero-order chi connectivity index (χ0) is 16.8. The number of amides is 1. The molecular weight excluding hydrogens is 308 g/mol. The Morgan fingerprint density at radius 1 is 1.09 bits per heavy atom. The molecule has 2 rings (SSSR count). The Bertz CT molecular complexity index is 655. The number of rotatable bonds is 6. The Morgan fingerprint density at radius 3 is 2.39 bits per heavy atom. The van der Waals surface area contributed by atoms with E-state index >= 15 is 0 Å². The lowest BCUT2D eigenvalue weighted by Gasteiger charge is -2.19. The van der Waals surface area contributed by atoms with Crippen LogP contribution in [0, 0.1) is 0 Å². The lowest BCUT2D eigenvalue weighted by atomic mass is 9.97. The van der Waals surface area contributed by atoms with Gasteiger partial charge >= 0.3 is 0 Å². The minimum absolute atomic E-state index is 0.0595. The Morgan fingerprint density at radius 2 is 1.74 bits per heavy atom. The molecule has 0 aliphatic carbocycles. The normalized spacial score (nSPS) is 13.2. The van der Waals surface area contributed by atoms with Gasteiger partial charge in [0.1, 0.15) is 6.04 Å². The predicted octanol–water partition coefficient (Wildman–Crippen LogP) is 5.29. The van der Waals surface area contributed by atoms with Crippen LogP contribution in [0.2, 0.25) is 5.02 Å². The van der Waals surface area contributed by atoms with Crippen LogP contribution >= 0.6 is 11.6 Å². The van der Waals surface area contributed by atoms with Crippen molar-refractivity contribution >= 4 is 28.9 Å². The molecule has 0 heterocycles. The summed E-state index contributed by atoms with van der Waals surface area (Å²) in [5.74, 6) is 0.349. The summed E-state index contributed by atoms with van der Waals surface area (Å²) in [6.45, 7) is 6.16. The number of nitrogens with one attached hydrogen (secondary N) is 2. The van der Waals surface area contributed by atoms with Crippen LogP contribution in [0.1, 0.15) is 38.7 Å². The second kappa shape index (κ2) is 8.02. The average Bonchev–Trinajstić information content (AvgIpc) is 2.56. The average molecular weight is 331 g/mol. The fourth-order valence-corrected chi connectivity index (χ4v) is 2.49. The van der Waals surface area contributed by atoms with Gasteiger partial charge in [-0.25, -0.2) is 0 Å². The summed E-state index contributed by atoms with van der Waals surface area (Å²) < 4.78 is 0. The monoisotopic (exact) mass is 330 g/mol. The summed E-state index contributed by atoms with van der Waals surface area (Å²) in [7, 11) is 0. The SMILES string of the molecule is CC[C@H](C)c1ccccc1NC(=O)[C@@H](C)Nc1ccc(Cl)cc1. The molecule has 3 nitrogen and oxygen atoms in total. The molecule has 4 heteroatoms. The maximum Gasteiger partial charge on any atom is 0.246 e. The minimum Gasteiger partial charge on any atom is -0.374 e. The zero-order valence-electron chi connectivity index (χ0n) is 13.8. The highest BCUT2D eigenvalue weighted by molar-refractivity contribution is 6.30. The first-order valence-corrected chi connectivity index (χ1v) is 8.31. The molecule has 0 saturated heterocycles. The van der Waals surface area contributed by atoms with E-state index in [1.165, 1.54) is 5.56 Å². The summed E-state index contributed by atoms with van der Waals surface area (Å²) in [6.07, 6.45) is 1.03. The molecule has 1 amide bonds. The fraction of sp³-hybridized carbons (Fsp3) is 0.316. The summed E-state index contributed by atoms with van der Waals surface area (Å²) in [6, 6.07) is 14.9. The smallest absolute Gasteiger partial charge is 0.246 e. The first-order valence-electron chi connectivity index (χ1n) is 7.93. The predicted molar refractivity (Wildman–Crippen MR) is 98.3 cm³/mol.